The summed E-state index contributed by atoms with van der Waals surface area (Å²) in [5.41, 5.74) is 6.80. The van der Waals surface area contributed by atoms with Gasteiger partial charge in [-0.15, -0.1) is 24.8 Å². The molecule has 2 heterocycles. The minimum absolute atomic E-state index is 0. The topological polar surface area (TPSA) is 100 Å². The van der Waals surface area contributed by atoms with E-state index in [4.69, 9.17) is 5.73 Å². The van der Waals surface area contributed by atoms with Crippen LogP contribution in [0.3, 0.4) is 0 Å². The molecule has 1 aliphatic heterocycles. The Morgan fingerprint density at radius 1 is 1.19 bits per heavy atom. The average Bonchev–Trinajstić information content (AvgIpc) is 2.60. The zero-order valence-corrected chi connectivity index (χ0v) is 16.9. The molecule has 7 nitrogen and oxygen atoms in total. The fraction of sp³-hybridized carbons (Fsp3) is 0.588. The normalized spacial score (nSPS) is 14.7. The Morgan fingerprint density at radius 3 is 2.38 bits per heavy atom. The highest BCUT2D eigenvalue weighted by Gasteiger charge is 2.17. The van der Waals surface area contributed by atoms with E-state index in [0.717, 1.165) is 18.8 Å². The van der Waals surface area contributed by atoms with E-state index in [2.05, 4.69) is 20.5 Å². The Balaban J connectivity index is 0.00000312. The molecule has 1 fully saturated rings. The lowest BCUT2D eigenvalue weighted by Crippen LogP contribution is -2.46. The summed E-state index contributed by atoms with van der Waals surface area (Å²) in [6.45, 7) is 5.70. The first kappa shape index (κ1) is 24.4. The molecule has 1 aromatic heterocycles. The molecule has 0 aliphatic carbocycles. The summed E-state index contributed by atoms with van der Waals surface area (Å²) in [6.07, 6.45) is 5.46. The van der Waals surface area contributed by atoms with Gasteiger partial charge in [0.2, 0.25) is 11.8 Å². The van der Waals surface area contributed by atoms with Crippen molar-refractivity contribution >= 4 is 48.1 Å². The Bertz CT molecular complexity index is 563. The van der Waals surface area contributed by atoms with Crippen LogP contribution in [0.1, 0.15) is 33.1 Å². The predicted octanol–water partition coefficient (Wildman–Crippen LogP) is 1.95. The molecule has 0 spiro atoms. The summed E-state index contributed by atoms with van der Waals surface area (Å²) in [5.74, 6) is -0.147. The number of nitrogens with two attached hydrogens (primary N) is 1. The molecule has 0 bridgehead atoms. The van der Waals surface area contributed by atoms with Crippen molar-refractivity contribution in [2.45, 2.75) is 39.2 Å². The Morgan fingerprint density at radius 2 is 1.85 bits per heavy atom. The Hall–Kier alpha value is -1.57. The van der Waals surface area contributed by atoms with Gasteiger partial charge in [-0.3, -0.25) is 9.59 Å². The highest BCUT2D eigenvalue weighted by atomic mass is 35.5. The maximum Gasteiger partial charge on any atom is 0.244 e. The summed E-state index contributed by atoms with van der Waals surface area (Å²) in [4.78, 5) is 30.2. The minimum Gasteiger partial charge on any atom is -0.370 e. The molecule has 0 aromatic carbocycles. The fourth-order valence-corrected chi connectivity index (χ4v) is 2.57. The highest BCUT2D eigenvalue weighted by Crippen LogP contribution is 2.19. The quantitative estimate of drug-likeness (QED) is 0.671. The summed E-state index contributed by atoms with van der Waals surface area (Å²) in [5, 5.41) is 5.21. The minimum atomic E-state index is -0.611. The van der Waals surface area contributed by atoms with Crippen molar-refractivity contribution in [1.29, 1.82) is 0 Å². The number of nitrogens with zero attached hydrogens (tertiary/aromatic N) is 2. The largest absolute Gasteiger partial charge is 0.370 e. The summed E-state index contributed by atoms with van der Waals surface area (Å²) in [6, 6.07) is 3.13. The molecule has 2 amide bonds. The smallest absolute Gasteiger partial charge is 0.244 e. The van der Waals surface area contributed by atoms with Gasteiger partial charge in [0.15, 0.2) is 0 Å². The lowest BCUT2D eigenvalue weighted by molar-refractivity contribution is -0.125. The lowest BCUT2D eigenvalue weighted by atomic mass is 10.1. The summed E-state index contributed by atoms with van der Waals surface area (Å²) in [7, 11) is 0. The number of halogens is 2. The van der Waals surface area contributed by atoms with Crippen molar-refractivity contribution in [2.75, 3.05) is 29.9 Å². The number of anilines is 2. The van der Waals surface area contributed by atoms with Gasteiger partial charge in [-0.25, -0.2) is 4.98 Å². The van der Waals surface area contributed by atoms with E-state index >= 15 is 0 Å². The molecule has 1 aliphatic rings. The second-order valence-corrected chi connectivity index (χ2v) is 6.49. The standard InChI is InChI=1S/C17H27N5O2.2ClH/c1-12(2)16(18)17(24)20-11-15(23)21-14-7-6-13(10-19-14)22-8-4-3-5-9-22;;/h6-7,10,12,16H,3-5,8-9,11,18H2,1-2H3,(H,20,24)(H,19,21,23);2*1H/t16-;;/m0../s1. The molecule has 1 saturated heterocycles. The van der Waals surface area contributed by atoms with Crippen LogP contribution in [0, 0.1) is 5.92 Å². The van der Waals surface area contributed by atoms with E-state index in [9.17, 15) is 9.59 Å². The van der Waals surface area contributed by atoms with E-state index in [0.29, 0.717) is 5.82 Å². The number of rotatable bonds is 6. The number of hydrogen-bond acceptors (Lipinski definition) is 5. The van der Waals surface area contributed by atoms with Crippen molar-refractivity contribution in [3.8, 4) is 0 Å². The third-order valence-electron chi connectivity index (χ3n) is 4.18. The molecule has 1 aromatic rings. The predicted molar refractivity (Wildman–Crippen MR) is 109 cm³/mol. The first-order valence-corrected chi connectivity index (χ1v) is 8.51. The number of nitrogens with one attached hydrogen (secondary N) is 2. The number of piperidine rings is 1. The van der Waals surface area contributed by atoms with Gasteiger partial charge >= 0.3 is 0 Å². The van der Waals surface area contributed by atoms with Crippen LogP contribution in [0.5, 0.6) is 0 Å². The first-order chi connectivity index (χ1) is 11.5. The van der Waals surface area contributed by atoms with E-state index < -0.39 is 6.04 Å². The zero-order chi connectivity index (χ0) is 17.5. The van der Waals surface area contributed by atoms with Crippen molar-refractivity contribution in [1.82, 2.24) is 10.3 Å². The van der Waals surface area contributed by atoms with Crippen LogP contribution in [0.25, 0.3) is 0 Å². The number of aromatic nitrogens is 1. The third-order valence-corrected chi connectivity index (χ3v) is 4.18. The van der Waals surface area contributed by atoms with Crippen LogP contribution in [0.15, 0.2) is 18.3 Å². The van der Waals surface area contributed by atoms with Crippen molar-refractivity contribution in [3.63, 3.8) is 0 Å². The second-order valence-electron chi connectivity index (χ2n) is 6.49. The molecular weight excluding hydrogens is 377 g/mol. The van der Waals surface area contributed by atoms with Crippen LogP contribution in [-0.4, -0.2) is 42.5 Å². The molecule has 9 heteroatoms. The Kier molecular flexibility index (Phi) is 11.2. The molecule has 0 radical (unpaired) electrons. The monoisotopic (exact) mass is 405 g/mol. The molecular formula is C17H29Cl2N5O2. The number of carbonyl (C=O) groups excluding carboxylic acids is 2. The van der Waals surface area contributed by atoms with Gasteiger partial charge in [0.25, 0.3) is 0 Å². The van der Waals surface area contributed by atoms with Gasteiger partial charge in [0.05, 0.1) is 24.5 Å². The molecule has 26 heavy (non-hydrogen) atoms. The van der Waals surface area contributed by atoms with Gasteiger partial charge in [0, 0.05) is 13.1 Å². The van der Waals surface area contributed by atoms with Gasteiger partial charge in [0.1, 0.15) is 5.82 Å². The lowest BCUT2D eigenvalue weighted by Gasteiger charge is -2.28. The molecule has 0 unspecified atom stereocenters. The average molecular weight is 406 g/mol. The van der Waals surface area contributed by atoms with Crippen LogP contribution >= 0.6 is 24.8 Å². The number of amides is 2. The molecule has 4 N–H and O–H groups in total. The van der Waals surface area contributed by atoms with Gasteiger partial charge < -0.3 is 21.3 Å². The van der Waals surface area contributed by atoms with E-state index in [1.54, 1.807) is 12.3 Å². The van der Waals surface area contributed by atoms with E-state index in [1.807, 2.05) is 19.9 Å². The maximum absolute atomic E-state index is 11.9. The van der Waals surface area contributed by atoms with E-state index in [-0.39, 0.29) is 49.1 Å². The number of carbonyl (C=O) groups is 2. The van der Waals surface area contributed by atoms with Crippen LogP contribution in [0.2, 0.25) is 0 Å². The number of pyridine rings is 1. The zero-order valence-electron chi connectivity index (χ0n) is 15.2. The fourth-order valence-electron chi connectivity index (χ4n) is 2.57. The molecule has 2 rings (SSSR count). The third kappa shape index (κ3) is 7.35. The maximum atomic E-state index is 11.9. The van der Waals surface area contributed by atoms with Crippen LogP contribution in [-0.2, 0) is 9.59 Å². The van der Waals surface area contributed by atoms with Gasteiger partial charge in [-0.05, 0) is 37.3 Å². The van der Waals surface area contributed by atoms with Crippen molar-refractivity contribution in [2.24, 2.45) is 11.7 Å². The Labute approximate surface area is 167 Å². The summed E-state index contributed by atoms with van der Waals surface area (Å²) < 4.78 is 0. The van der Waals surface area contributed by atoms with Crippen LogP contribution < -0.4 is 21.3 Å². The highest BCUT2D eigenvalue weighted by molar-refractivity contribution is 5.94. The van der Waals surface area contributed by atoms with Gasteiger partial charge in [-0.2, -0.15) is 0 Å². The SMILES string of the molecule is CC(C)[C@H](N)C(=O)NCC(=O)Nc1ccc(N2CCCCC2)cn1.Cl.Cl. The molecule has 0 saturated carbocycles. The summed E-state index contributed by atoms with van der Waals surface area (Å²) >= 11 is 0. The van der Waals surface area contributed by atoms with Crippen molar-refractivity contribution in [3.05, 3.63) is 18.3 Å². The van der Waals surface area contributed by atoms with Crippen LogP contribution in [0.4, 0.5) is 11.5 Å². The van der Waals surface area contributed by atoms with Crippen molar-refractivity contribution < 1.29 is 9.59 Å². The first-order valence-electron chi connectivity index (χ1n) is 8.51. The molecule has 1 atom stereocenters. The molecule has 148 valence electrons. The van der Waals surface area contributed by atoms with Gasteiger partial charge in [-0.1, -0.05) is 13.8 Å². The number of hydrogen-bond donors (Lipinski definition) is 3. The van der Waals surface area contributed by atoms with E-state index in [1.165, 1.54) is 19.3 Å². The second kappa shape index (κ2) is 11.9.